The standard InChI is InChI=1S/C16H23N/c1-12(2)10-13(3)8-9-15-11-14-6-4-5-7-16(14)17-15/h4-7,11-13,17H,8-10H2,1-3H3. The summed E-state index contributed by atoms with van der Waals surface area (Å²) in [6.45, 7) is 6.97. The second kappa shape index (κ2) is 5.39. The third-order valence-corrected chi connectivity index (χ3v) is 3.37. The van der Waals surface area contributed by atoms with E-state index >= 15 is 0 Å². The van der Waals surface area contributed by atoms with Gasteiger partial charge in [-0.3, -0.25) is 0 Å². The van der Waals surface area contributed by atoms with Gasteiger partial charge in [-0.2, -0.15) is 0 Å². The predicted molar refractivity (Wildman–Crippen MR) is 75.2 cm³/mol. The number of H-pyrrole nitrogens is 1. The average molecular weight is 229 g/mol. The van der Waals surface area contributed by atoms with Gasteiger partial charge in [-0.05, 0) is 48.6 Å². The molecule has 1 N–H and O–H groups in total. The van der Waals surface area contributed by atoms with E-state index in [9.17, 15) is 0 Å². The van der Waals surface area contributed by atoms with E-state index < -0.39 is 0 Å². The van der Waals surface area contributed by atoms with Crippen LogP contribution in [0.3, 0.4) is 0 Å². The van der Waals surface area contributed by atoms with Gasteiger partial charge in [0, 0.05) is 11.2 Å². The van der Waals surface area contributed by atoms with Gasteiger partial charge in [0.15, 0.2) is 0 Å². The van der Waals surface area contributed by atoms with E-state index in [4.69, 9.17) is 0 Å². The molecule has 0 radical (unpaired) electrons. The lowest BCUT2D eigenvalue weighted by molar-refractivity contribution is 0.414. The molecule has 92 valence electrons. The van der Waals surface area contributed by atoms with Gasteiger partial charge < -0.3 is 4.98 Å². The lowest BCUT2D eigenvalue weighted by atomic mass is 9.94. The lowest BCUT2D eigenvalue weighted by Crippen LogP contribution is -2.01. The molecule has 0 aliphatic carbocycles. The van der Waals surface area contributed by atoms with Crippen LogP contribution in [-0.2, 0) is 6.42 Å². The van der Waals surface area contributed by atoms with Gasteiger partial charge >= 0.3 is 0 Å². The molecule has 1 atom stereocenters. The number of nitrogens with one attached hydrogen (secondary N) is 1. The number of hydrogen-bond donors (Lipinski definition) is 1. The van der Waals surface area contributed by atoms with Gasteiger partial charge in [-0.25, -0.2) is 0 Å². The third kappa shape index (κ3) is 3.36. The van der Waals surface area contributed by atoms with Crippen LogP contribution in [-0.4, -0.2) is 4.98 Å². The molecule has 1 nitrogen and oxygen atoms in total. The highest BCUT2D eigenvalue weighted by Crippen LogP contribution is 2.20. The predicted octanol–water partition coefficient (Wildman–Crippen LogP) is 4.78. The number of para-hydroxylation sites is 1. The Labute approximate surface area is 104 Å². The smallest absolute Gasteiger partial charge is 0.0456 e. The third-order valence-electron chi connectivity index (χ3n) is 3.37. The summed E-state index contributed by atoms with van der Waals surface area (Å²) in [6, 6.07) is 10.8. The van der Waals surface area contributed by atoms with E-state index in [-0.39, 0.29) is 0 Å². The van der Waals surface area contributed by atoms with E-state index in [0.717, 1.165) is 11.8 Å². The minimum Gasteiger partial charge on any atom is -0.358 e. The first-order valence-corrected chi connectivity index (χ1v) is 6.72. The van der Waals surface area contributed by atoms with Crippen molar-refractivity contribution in [3.63, 3.8) is 0 Å². The summed E-state index contributed by atoms with van der Waals surface area (Å²) >= 11 is 0. The van der Waals surface area contributed by atoms with E-state index in [1.54, 1.807) is 0 Å². The molecular formula is C16H23N. The molecule has 1 heteroatoms. The molecule has 1 aromatic carbocycles. The Bertz CT molecular complexity index is 434. The first-order valence-electron chi connectivity index (χ1n) is 6.72. The highest BCUT2D eigenvalue weighted by molar-refractivity contribution is 5.80. The van der Waals surface area contributed by atoms with Crippen LogP contribution >= 0.6 is 0 Å². The van der Waals surface area contributed by atoms with Gasteiger partial charge in [-0.15, -0.1) is 0 Å². The summed E-state index contributed by atoms with van der Waals surface area (Å²) in [5.74, 6) is 1.63. The number of aromatic nitrogens is 1. The molecule has 0 aliphatic heterocycles. The Kier molecular flexibility index (Phi) is 3.88. The van der Waals surface area contributed by atoms with Crippen LogP contribution in [0.2, 0.25) is 0 Å². The maximum atomic E-state index is 3.50. The van der Waals surface area contributed by atoms with Crippen LogP contribution in [0.5, 0.6) is 0 Å². The summed E-state index contributed by atoms with van der Waals surface area (Å²) in [5, 5.41) is 1.33. The van der Waals surface area contributed by atoms with E-state index in [1.165, 1.54) is 35.9 Å². The summed E-state index contributed by atoms with van der Waals surface area (Å²) in [6.07, 6.45) is 3.79. The van der Waals surface area contributed by atoms with Crippen molar-refractivity contribution in [3.8, 4) is 0 Å². The highest BCUT2D eigenvalue weighted by atomic mass is 14.7. The molecule has 17 heavy (non-hydrogen) atoms. The first kappa shape index (κ1) is 12.2. The summed E-state index contributed by atoms with van der Waals surface area (Å²) < 4.78 is 0. The molecule has 0 fully saturated rings. The second-order valence-electron chi connectivity index (χ2n) is 5.66. The number of aromatic amines is 1. The van der Waals surface area contributed by atoms with E-state index in [2.05, 4.69) is 56.1 Å². The van der Waals surface area contributed by atoms with Crippen LogP contribution in [0.25, 0.3) is 10.9 Å². The number of hydrogen-bond acceptors (Lipinski definition) is 0. The molecule has 0 saturated heterocycles. The van der Waals surface area contributed by atoms with Crippen molar-refractivity contribution >= 4 is 10.9 Å². The van der Waals surface area contributed by atoms with Crippen molar-refractivity contribution in [1.29, 1.82) is 0 Å². The van der Waals surface area contributed by atoms with Gasteiger partial charge in [0.2, 0.25) is 0 Å². The van der Waals surface area contributed by atoms with Gasteiger partial charge in [0.25, 0.3) is 0 Å². The number of benzene rings is 1. The monoisotopic (exact) mass is 229 g/mol. The summed E-state index contributed by atoms with van der Waals surface area (Å²) in [7, 11) is 0. The van der Waals surface area contributed by atoms with Crippen molar-refractivity contribution in [2.75, 3.05) is 0 Å². The van der Waals surface area contributed by atoms with Crippen LogP contribution in [0.15, 0.2) is 30.3 Å². The van der Waals surface area contributed by atoms with E-state index in [1.807, 2.05) is 0 Å². The largest absolute Gasteiger partial charge is 0.358 e. The zero-order chi connectivity index (χ0) is 12.3. The second-order valence-corrected chi connectivity index (χ2v) is 5.66. The fourth-order valence-electron chi connectivity index (χ4n) is 2.59. The molecule has 0 spiro atoms. The Balaban J connectivity index is 1.95. The van der Waals surface area contributed by atoms with E-state index in [0.29, 0.717) is 0 Å². The zero-order valence-corrected chi connectivity index (χ0v) is 11.2. The van der Waals surface area contributed by atoms with Gasteiger partial charge in [-0.1, -0.05) is 39.0 Å². The van der Waals surface area contributed by atoms with Crippen LogP contribution in [0, 0.1) is 11.8 Å². The van der Waals surface area contributed by atoms with Crippen LogP contribution in [0.4, 0.5) is 0 Å². The Hall–Kier alpha value is -1.24. The highest BCUT2D eigenvalue weighted by Gasteiger charge is 2.06. The molecule has 0 amide bonds. The fourth-order valence-corrected chi connectivity index (χ4v) is 2.59. The molecule has 0 aliphatic rings. The number of rotatable bonds is 5. The maximum absolute atomic E-state index is 3.50. The van der Waals surface area contributed by atoms with Crippen molar-refractivity contribution in [2.45, 2.75) is 40.0 Å². The maximum Gasteiger partial charge on any atom is 0.0456 e. The Morgan fingerprint density at radius 1 is 1.12 bits per heavy atom. The molecule has 1 unspecified atom stereocenters. The summed E-state index contributed by atoms with van der Waals surface area (Å²) in [4.78, 5) is 3.50. The van der Waals surface area contributed by atoms with Gasteiger partial charge in [0.1, 0.15) is 0 Å². The van der Waals surface area contributed by atoms with Crippen molar-refractivity contribution in [2.24, 2.45) is 11.8 Å². The summed E-state index contributed by atoms with van der Waals surface area (Å²) in [5.41, 5.74) is 2.64. The number of aryl methyl sites for hydroxylation is 1. The van der Waals surface area contributed by atoms with Crippen molar-refractivity contribution in [1.82, 2.24) is 4.98 Å². The number of fused-ring (bicyclic) bond motifs is 1. The minimum absolute atomic E-state index is 0.813. The normalized spacial score (nSPS) is 13.4. The lowest BCUT2D eigenvalue weighted by Gasteiger charge is -2.12. The average Bonchev–Trinajstić information content (AvgIpc) is 2.68. The molecule has 1 aromatic heterocycles. The Morgan fingerprint density at radius 3 is 2.59 bits per heavy atom. The van der Waals surface area contributed by atoms with Crippen molar-refractivity contribution < 1.29 is 0 Å². The van der Waals surface area contributed by atoms with Crippen molar-refractivity contribution in [3.05, 3.63) is 36.0 Å². The van der Waals surface area contributed by atoms with Crippen LogP contribution < -0.4 is 0 Å². The zero-order valence-electron chi connectivity index (χ0n) is 11.2. The molecule has 1 heterocycles. The molecule has 2 aromatic rings. The van der Waals surface area contributed by atoms with Crippen LogP contribution in [0.1, 0.15) is 39.3 Å². The molecule has 0 saturated carbocycles. The molecular weight excluding hydrogens is 206 g/mol. The fraction of sp³-hybridized carbons (Fsp3) is 0.500. The quantitative estimate of drug-likeness (QED) is 0.759. The first-order chi connectivity index (χ1) is 8.15. The topological polar surface area (TPSA) is 15.8 Å². The SMILES string of the molecule is CC(C)CC(C)CCc1cc2ccccc2[nH]1. The Morgan fingerprint density at radius 2 is 1.88 bits per heavy atom. The molecule has 0 bridgehead atoms. The molecule has 2 rings (SSSR count). The van der Waals surface area contributed by atoms with Gasteiger partial charge in [0.05, 0.1) is 0 Å². The minimum atomic E-state index is 0.813.